The van der Waals surface area contributed by atoms with Crippen LogP contribution in [0, 0.1) is 0 Å². The number of likely N-dealkylation sites (N-methyl/N-ethyl adjacent to an activating group) is 1. The van der Waals surface area contributed by atoms with E-state index in [-0.39, 0.29) is 12.2 Å². The van der Waals surface area contributed by atoms with Crippen molar-refractivity contribution >= 4 is 17.7 Å². The second kappa shape index (κ2) is 13.1. The molecule has 1 heterocycles. The fourth-order valence-corrected chi connectivity index (χ4v) is 4.29. The molecule has 0 amide bonds. The minimum Gasteiger partial charge on any atom is -0.497 e. The Morgan fingerprint density at radius 3 is 2.29 bits per heavy atom. The topological polar surface area (TPSA) is 107 Å². The van der Waals surface area contributed by atoms with E-state index >= 15 is 0 Å². The number of aliphatic hydroxyl groups is 1. The summed E-state index contributed by atoms with van der Waals surface area (Å²) in [5.41, 5.74) is 2.64. The molecule has 0 saturated heterocycles. The molecule has 0 aliphatic rings. The lowest BCUT2D eigenvalue weighted by molar-refractivity contribution is -0.870. The molecule has 4 aromatic rings. The predicted molar refractivity (Wildman–Crippen MR) is 147 cm³/mol. The van der Waals surface area contributed by atoms with Gasteiger partial charge in [0.2, 0.25) is 0 Å². The molecule has 0 aliphatic heterocycles. The van der Waals surface area contributed by atoms with Gasteiger partial charge in [-0.3, -0.25) is 0 Å². The zero-order valence-electron chi connectivity index (χ0n) is 22.2. The Morgan fingerprint density at radius 1 is 1.00 bits per heavy atom. The quantitative estimate of drug-likeness (QED) is 0.301. The molecule has 200 valence electrons. The van der Waals surface area contributed by atoms with Gasteiger partial charge in [-0.25, -0.2) is 9.48 Å². The second-order valence-corrected chi connectivity index (χ2v) is 10.4. The van der Waals surface area contributed by atoms with Gasteiger partial charge in [-0.1, -0.05) is 35.2 Å². The minimum absolute atomic E-state index is 0.258. The van der Waals surface area contributed by atoms with E-state index in [1.54, 1.807) is 49.2 Å². The predicted octanol–water partition coefficient (Wildman–Crippen LogP) is 4.49. The van der Waals surface area contributed by atoms with Crippen molar-refractivity contribution in [1.82, 2.24) is 15.0 Å². The van der Waals surface area contributed by atoms with Gasteiger partial charge in [0, 0.05) is 21.4 Å². The fourth-order valence-electron chi connectivity index (χ4n) is 3.34. The van der Waals surface area contributed by atoms with E-state index in [0.29, 0.717) is 17.2 Å². The highest BCUT2D eigenvalue weighted by Gasteiger charge is 2.14. The van der Waals surface area contributed by atoms with Gasteiger partial charge >= 0.3 is 5.97 Å². The first kappa shape index (κ1) is 28.7. The van der Waals surface area contributed by atoms with Gasteiger partial charge in [0.15, 0.2) is 0 Å². The third kappa shape index (κ3) is 7.82. The highest BCUT2D eigenvalue weighted by molar-refractivity contribution is 7.99. The molecule has 2 N–H and O–H groups in total. The third-order valence-corrected chi connectivity index (χ3v) is 6.47. The number of carboxylic acid groups (broad SMARTS) is 1. The number of aromatic carboxylic acids is 1. The van der Waals surface area contributed by atoms with Crippen LogP contribution in [0.15, 0.2) is 82.7 Å². The normalized spacial score (nSPS) is 10.9. The van der Waals surface area contributed by atoms with Gasteiger partial charge in [0.25, 0.3) is 0 Å². The Bertz CT molecular complexity index is 1350. The molecule has 0 aliphatic carbocycles. The number of nitrogens with zero attached hydrogens (tertiary/aromatic N) is 4. The Labute approximate surface area is 226 Å². The van der Waals surface area contributed by atoms with Crippen LogP contribution < -0.4 is 9.47 Å². The molecule has 0 saturated carbocycles. The van der Waals surface area contributed by atoms with Crippen LogP contribution >= 0.6 is 11.8 Å². The minimum atomic E-state index is -0.942. The standard InChI is InChI=1S/C23H19N3O4S.C5H14NO/c1-29-16-9-12-20(21(13-16)30-2)26-14-19(24-25-26)18-5-3-4-6-22(18)31-17-10-7-15(8-11-17)23(27)28;1-6(2,3)4-5-7/h3-14H,1-2H3,(H,27,28);7H,4-5H2,1-3H3/q;+1. The summed E-state index contributed by atoms with van der Waals surface area (Å²) in [4.78, 5) is 13.0. The lowest BCUT2D eigenvalue weighted by Crippen LogP contribution is -2.36. The summed E-state index contributed by atoms with van der Waals surface area (Å²) >= 11 is 1.54. The summed E-state index contributed by atoms with van der Waals surface area (Å²) in [7, 11) is 9.35. The maximum Gasteiger partial charge on any atom is 0.335 e. The largest absolute Gasteiger partial charge is 0.497 e. The number of hydrogen-bond donors (Lipinski definition) is 2. The van der Waals surface area contributed by atoms with Crippen molar-refractivity contribution in [3.05, 3.63) is 78.5 Å². The van der Waals surface area contributed by atoms with Gasteiger partial charge in [0.05, 0.1) is 53.7 Å². The maximum absolute atomic E-state index is 11.1. The molecular weight excluding hydrogens is 504 g/mol. The molecule has 38 heavy (non-hydrogen) atoms. The SMILES string of the molecule is COc1ccc(-n2cc(-c3ccccc3Sc3ccc(C(=O)O)cc3)nn2)c(OC)c1.C[N+](C)(C)CCO. The summed E-state index contributed by atoms with van der Waals surface area (Å²) in [6.45, 7) is 1.11. The molecule has 0 bridgehead atoms. The number of aromatic nitrogens is 3. The van der Waals surface area contributed by atoms with Crippen molar-refractivity contribution in [2.75, 3.05) is 48.5 Å². The number of carbonyl (C=O) groups is 1. The van der Waals surface area contributed by atoms with E-state index in [4.69, 9.17) is 19.7 Å². The summed E-state index contributed by atoms with van der Waals surface area (Å²) in [5, 5.41) is 26.1. The van der Waals surface area contributed by atoms with Crippen LogP contribution in [-0.4, -0.2) is 84.2 Å². The second-order valence-electron chi connectivity index (χ2n) is 9.25. The van der Waals surface area contributed by atoms with Gasteiger partial charge in [-0.15, -0.1) is 5.10 Å². The van der Waals surface area contributed by atoms with Crippen LogP contribution in [-0.2, 0) is 0 Å². The molecule has 0 radical (unpaired) electrons. The molecule has 0 unspecified atom stereocenters. The highest BCUT2D eigenvalue weighted by Crippen LogP contribution is 2.36. The molecule has 9 nitrogen and oxygen atoms in total. The molecule has 1 aromatic heterocycles. The van der Waals surface area contributed by atoms with Crippen LogP contribution in [0.2, 0.25) is 0 Å². The first-order valence-electron chi connectivity index (χ1n) is 11.8. The van der Waals surface area contributed by atoms with E-state index in [1.165, 1.54) is 11.8 Å². The average molecular weight is 538 g/mol. The Balaban J connectivity index is 0.000000505. The van der Waals surface area contributed by atoms with Gasteiger partial charge in [-0.2, -0.15) is 0 Å². The van der Waals surface area contributed by atoms with E-state index in [1.807, 2.05) is 42.6 Å². The first-order valence-corrected chi connectivity index (χ1v) is 12.6. The van der Waals surface area contributed by atoms with E-state index in [0.717, 1.165) is 32.1 Å². The van der Waals surface area contributed by atoms with Gasteiger partial charge < -0.3 is 24.2 Å². The number of ether oxygens (including phenoxy) is 2. The van der Waals surface area contributed by atoms with E-state index < -0.39 is 5.97 Å². The van der Waals surface area contributed by atoms with Crippen molar-refractivity contribution < 1.29 is 29.0 Å². The Kier molecular flexibility index (Phi) is 9.89. The number of rotatable bonds is 9. The first-order chi connectivity index (χ1) is 18.1. The molecule has 4 rings (SSSR count). The van der Waals surface area contributed by atoms with Crippen LogP contribution in [0.1, 0.15) is 10.4 Å². The summed E-state index contributed by atoms with van der Waals surface area (Å²) in [6, 6.07) is 20.2. The van der Waals surface area contributed by atoms with Crippen molar-refractivity contribution in [2.24, 2.45) is 0 Å². The summed E-state index contributed by atoms with van der Waals surface area (Å²) < 4.78 is 13.2. The number of methoxy groups -OCH3 is 2. The van der Waals surface area contributed by atoms with E-state index in [2.05, 4.69) is 31.5 Å². The maximum atomic E-state index is 11.1. The number of benzene rings is 3. The molecule has 0 spiro atoms. The summed E-state index contributed by atoms with van der Waals surface area (Å²) in [5.74, 6) is 0.371. The number of aliphatic hydroxyl groups excluding tert-OH is 1. The number of quaternary nitrogens is 1. The van der Waals surface area contributed by atoms with Gasteiger partial charge in [-0.05, 0) is 42.5 Å². The molecule has 0 fully saturated rings. The number of carboxylic acids is 1. The molecule has 3 aromatic carbocycles. The van der Waals surface area contributed by atoms with Crippen LogP contribution in [0.5, 0.6) is 11.5 Å². The molecule has 0 atom stereocenters. The lowest BCUT2D eigenvalue weighted by atomic mass is 10.2. The van der Waals surface area contributed by atoms with Gasteiger partial charge in [0.1, 0.15) is 29.4 Å². The Morgan fingerprint density at radius 2 is 1.71 bits per heavy atom. The average Bonchev–Trinajstić information content (AvgIpc) is 3.38. The fraction of sp³-hybridized carbons (Fsp3) is 0.250. The van der Waals surface area contributed by atoms with Crippen molar-refractivity contribution in [3.8, 4) is 28.4 Å². The third-order valence-electron chi connectivity index (χ3n) is 5.39. The van der Waals surface area contributed by atoms with Crippen LogP contribution in [0.25, 0.3) is 16.9 Å². The van der Waals surface area contributed by atoms with Crippen LogP contribution in [0.4, 0.5) is 0 Å². The van der Waals surface area contributed by atoms with Crippen molar-refractivity contribution in [3.63, 3.8) is 0 Å². The van der Waals surface area contributed by atoms with Crippen LogP contribution in [0.3, 0.4) is 0 Å². The van der Waals surface area contributed by atoms with Crippen molar-refractivity contribution in [1.29, 1.82) is 0 Å². The lowest BCUT2D eigenvalue weighted by Gasteiger charge is -2.21. The smallest absolute Gasteiger partial charge is 0.335 e. The molecular formula is C28H33N4O5S+. The zero-order valence-corrected chi connectivity index (χ0v) is 23.0. The van der Waals surface area contributed by atoms with Crippen molar-refractivity contribution in [2.45, 2.75) is 9.79 Å². The van der Waals surface area contributed by atoms with E-state index in [9.17, 15) is 4.79 Å². The summed E-state index contributed by atoms with van der Waals surface area (Å²) in [6.07, 6.45) is 1.84. The highest BCUT2D eigenvalue weighted by atomic mass is 32.2. The molecule has 10 heteroatoms. The Hall–Kier alpha value is -3.86. The monoisotopic (exact) mass is 537 g/mol. The number of hydrogen-bond acceptors (Lipinski definition) is 7. The zero-order chi connectivity index (χ0) is 27.7.